The Kier molecular flexibility index (Phi) is 5.62. The molecule has 0 saturated heterocycles. The van der Waals surface area contributed by atoms with Crippen LogP contribution in [0.1, 0.15) is 39.7 Å². The molecular weight excluding hydrogens is 262 g/mol. The zero-order valence-electron chi connectivity index (χ0n) is 12.4. The zero-order valence-corrected chi connectivity index (χ0v) is 12.4. The average Bonchev–Trinajstić information content (AvgIpc) is 2.27. The number of amides is 1. The van der Waals surface area contributed by atoms with Crippen molar-refractivity contribution in [2.75, 3.05) is 0 Å². The van der Waals surface area contributed by atoms with Crippen LogP contribution in [0.25, 0.3) is 0 Å². The molecule has 2 N–H and O–H groups in total. The number of hydrogen-bond donors (Lipinski definition) is 2. The second-order valence-corrected chi connectivity index (χ2v) is 5.79. The zero-order chi connectivity index (χ0) is 15.3. The van der Waals surface area contributed by atoms with Crippen molar-refractivity contribution < 1.29 is 13.6 Å². The van der Waals surface area contributed by atoms with Crippen LogP contribution in [0.4, 0.5) is 8.78 Å². The lowest BCUT2D eigenvalue weighted by molar-refractivity contribution is -0.120. The largest absolute Gasteiger partial charge is 0.351 e. The van der Waals surface area contributed by atoms with Crippen LogP contribution in [0.15, 0.2) is 18.2 Å². The van der Waals surface area contributed by atoms with Crippen LogP contribution in [0, 0.1) is 11.6 Å². The Balaban J connectivity index is 2.53. The van der Waals surface area contributed by atoms with Gasteiger partial charge in [0.05, 0.1) is 0 Å². The summed E-state index contributed by atoms with van der Waals surface area (Å²) < 4.78 is 26.5. The van der Waals surface area contributed by atoms with Crippen LogP contribution in [-0.2, 0) is 11.3 Å². The predicted octanol–water partition coefficient (Wildman–Crippen LogP) is 2.75. The minimum atomic E-state index is -0.450. The molecule has 0 saturated carbocycles. The fraction of sp³-hybridized carbons (Fsp3) is 0.533. The molecule has 0 spiro atoms. The van der Waals surface area contributed by atoms with E-state index in [1.54, 1.807) is 0 Å². The first-order chi connectivity index (χ1) is 9.19. The van der Waals surface area contributed by atoms with Crippen LogP contribution < -0.4 is 10.6 Å². The first-order valence-electron chi connectivity index (χ1n) is 6.66. The second kappa shape index (κ2) is 6.79. The van der Waals surface area contributed by atoms with Gasteiger partial charge in [0.25, 0.3) is 0 Å². The Labute approximate surface area is 118 Å². The Morgan fingerprint density at radius 2 is 2.00 bits per heavy atom. The Morgan fingerprint density at radius 3 is 2.60 bits per heavy atom. The smallest absolute Gasteiger partial charge is 0.217 e. The summed E-state index contributed by atoms with van der Waals surface area (Å²) in [5.41, 5.74) is -0.0483. The molecule has 1 rings (SSSR count). The van der Waals surface area contributed by atoms with Crippen LogP contribution >= 0.6 is 0 Å². The van der Waals surface area contributed by atoms with E-state index in [1.165, 1.54) is 13.0 Å². The highest BCUT2D eigenvalue weighted by atomic mass is 19.1. The standard InChI is InChI=1S/C15H22F2N2O/c1-10(8-15(3,4)19-11(2)20)18-9-12-7-13(16)5-6-14(12)17/h5-7,10,18H,8-9H2,1-4H3,(H,19,20). The summed E-state index contributed by atoms with van der Waals surface area (Å²) in [7, 11) is 0. The molecule has 3 nitrogen and oxygen atoms in total. The van der Waals surface area contributed by atoms with Gasteiger partial charge in [-0.25, -0.2) is 8.78 Å². The van der Waals surface area contributed by atoms with Gasteiger partial charge in [-0.15, -0.1) is 0 Å². The van der Waals surface area contributed by atoms with E-state index in [0.29, 0.717) is 12.0 Å². The second-order valence-electron chi connectivity index (χ2n) is 5.79. The van der Waals surface area contributed by atoms with Crippen LogP contribution in [0.3, 0.4) is 0 Å². The Bertz CT molecular complexity index is 475. The molecule has 20 heavy (non-hydrogen) atoms. The molecule has 1 aromatic rings. The third-order valence-electron chi connectivity index (χ3n) is 2.98. The van der Waals surface area contributed by atoms with E-state index in [1.807, 2.05) is 20.8 Å². The Hall–Kier alpha value is -1.49. The quantitative estimate of drug-likeness (QED) is 0.843. The number of benzene rings is 1. The topological polar surface area (TPSA) is 41.1 Å². The summed E-state index contributed by atoms with van der Waals surface area (Å²) in [6.45, 7) is 7.52. The van der Waals surface area contributed by atoms with Crippen LogP contribution in [0.5, 0.6) is 0 Å². The van der Waals surface area contributed by atoms with E-state index in [0.717, 1.165) is 12.1 Å². The van der Waals surface area contributed by atoms with Crippen LogP contribution in [-0.4, -0.2) is 17.5 Å². The Morgan fingerprint density at radius 1 is 1.35 bits per heavy atom. The number of carbonyl (C=O) groups excluding carboxylic acids is 1. The molecule has 0 aliphatic heterocycles. The average molecular weight is 284 g/mol. The molecule has 0 bridgehead atoms. The van der Waals surface area contributed by atoms with Crippen molar-refractivity contribution in [1.29, 1.82) is 0 Å². The van der Waals surface area contributed by atoms with Crippen molar-refractivity contribution in [3.05, 3.63) is 35.4 Å². The maximum atomic E-state index is 13.5. The molecule has 1 atom stereocenters. The maximum Gasteiger partial charge on any atom is 0.217 e. The summed E-state index contributed by atoms with van der Waals surface area (Å²) >= 11 is 0. The van der Waals surface area contributed by atoms with Crippen LogP contribution in [0.2, 0.25) is 0 Å². The van der Waals surface area contributed by atoms with Crippen molar-refractivity contribution in [3.8, 4) is 0 Å². The van der Waals surface area contributed by atoms with Gasteiger partial charge in [-0.1, -0.05) is 0 Å². The fourth-order valence-corrected chi connectivity index (χ4v) is 2.33. The monoisotopic (exact) mass is 284 g/mol. The summed E-state index contributed by atoms with van der Waals surface area (Å²) in [4.78, 5) is 11.1. The third-order valence-corrected chi connectivity index (χ3v) is 2.98. The van der Waals surface area contributed by atoms with E-state index in [2.05, 4.69) is 10.6 Å². The minimum absolute atomic E-state index is 0.0551. The molecule has 0 radical (unpaired) electrons. The van der Waals surface area contributed by atoms with E-state index in [4.69, 9.17) is 0 Å². The van der Waals surface area contributed by atoms with Crippen molar-refractivity contribution in [3.63, 3.8) is 0 Å². The number of halogens is 2. The van der Waals surface area contributed by atoms with Crippen molar-refractivity contribution >= 4 is 5.91 Å². The number of hydrogen-bond acceptors (Lipinski definition) is 2. The van der Waals surface area contributed by atoms with Gasteiger partial charge in [0, 0.05) is 30.6 Å². The van der Waals surface area contributed by atoms with Crippen molar-refractivity contribution in [2.24, 2.45) is 0 Å². The molecule has 0 aliphatic rings. The van der Waals surface area contributed by atoms with Crippen molar-refractivity contribution in [2.45, 2.75) is 52.2 Å². The highest BCUT2D eigenvalue weighted by molar-refractivity contribution is 5.73. The van der Waals surface area contributed by atoms with E-state index >= 15 is 0 Å². The SMILES string of the molecule is CC(=O)NC(C)(C)CC(C)NCc1cc(F)ccc1F. The van der Waals surface area contributed by atoms with Crippen molar-refractivity contribution in [1.82, 2.24) is 10.6 Å². The van der Waals surface area contributed by atoms with Gasteiger partial charge in [-0.2, -0.15) is 0 Å². The third kappa shape index (κ3) is 5.65. The van der Waals surface area contributed by atoms with Gasteiger partial charge < -0.3 is 10.6 Å². The molecule has 0 fully saturated rings. The lowest BCUT2D eigenvalue weighted by Crippen LogP contribution is -2.46. The van der Waals surface area contributed by atoms with Gasteiger partial charge in [0.1, 0.15) is 11.6 Å². The molecular formula is C15H22F2N2O. The molecule has 1 aromatic carbocycles. The van der Waals surface area contributed by atoms with Gasteiger partial charge in [0.2, 0.25) is 5.91 Å². The minimum Gasteiger partial charge on any atom is -0.351 e. The first kappa shape index (κ1) is 16.6. The molecule has 0 heterocycles. The maximum absolute atomic E-state index is 13.5. The first-order valence-corrected chi connectivity index (χ1v) is 6.66. The van der Waals surface area contributed by atoms with Gasteiger partial charge >= 0.3 is 0 Å². The number of carbonyl (C=O) groups is 1. The van der Waals surface area contributed by atoms with Gasteiger partial charge in [-0.3, -0.25) is 4.79 Å². The lowest BCUT2D eigenvalue weighted by atomic mass is 9.95. The molecule has 112 valence electrons. The summed E-state index contributed by atoms with van der Waals surface area (Å²) in [6.07, 6.45) is 0.684. The van der Waals surface area contributed by atoms with Gasteiger partial charge in [0.15, 0.2) is 0 Å². The molecule has 1 unspecified atom stereocenters. The highest BCUT2D eigenvalue weighted by Gasteiger charge is 2.21. The summed E-state index contributed by atoms with van der Waals surface area (Å²) in [5, 5.41) is 5.99. The lowest BCUT2D eigenvalue weighted by Gasteiger charge is -2.29. The van der Waals surface area contributed by atoms with E-state index < -0.39 is 11.6 Å². The molecule has 0 aliphatic carbocycles. The predicted molar refractivity (Wildman–Crippen MR) is 75.2 cm³/mol. The number of rotatable bonds is 6. The van der Waals surface area contributed by atoms with E-state index in [9.17, 15) is 13.6 Å². The van der Waals surface area contributed by atoms with E-state index in [-0.39, 0.29) is 24.0 Å². The molecule has 1 amide bonds. The summed E-state index contributed by atoms with van der Waals surface area (Å²) in [5.74, 6) is -0.958. The highest BCUT2D eigenvalue weighted by Crippen LogP contribution is 2.13. The molecule has 0 aromatic heterocycles. The number of nitrogens with one attached hydrogen (secondary N) is 2. The normalized spacial score (nSPS) is 13.1. The fourth-order valence-electron chi connectivity index (χ4n) is 2.33. The molecule has 5 heteroatoms. The summed E-state index contributed by atoms with van der Waals surface area (Å²) in [6, 6.07) is 3.47. The van der Waals surface area contributed by atoms with Gasteiger partial charge in [-0.05, 0) is 45.4 Å².